The van der Waals surface area contributed by atoms with E-state index in [1.165, 1.54) is 16.3 Å². The van der Waals surface area contributed by atoms with Crippen molar-refractivity contribution in [2.45, 2.75) is 46.3 Å². The molecule has 0 saturated carbocycles. The van der Waals surface area contributed by atoms with E-state index >= 15 is 0 Å². The number of fused-ring (bicyclic) bond motifs is 2. The molecule has 0 bridgehead atoms. The Morgan fingerprint density at radius 1 is 0.804 bits per heavy atom. The fraction of sp³-hybridized carbons (Fsp3) is 0.205. The second kappa shape index (κ2) is 12.5. The third kappa shape index (κ3) is 5.88. The fourth-order valence-corrected chi connectivity index (χ4v) is 6.47. The Morgan fingerprint density at radius 2 is 1.50 bits per heavy atom. The predicted octanol–water partition coefficient (Wildman–Crippen LogP) is 8.71. The van der Waals surface area contributed by atoms with Crippen molar-refractivity contribution in [1.82, 2.24) is 23.7 Å². The quantitative estimate of drug-likeness (QED) is 0.161. The third-order valence-corrected chi connectivity index (χ3v) is 8.89. The molecule has 3 heterocycles. The summed E-state index contributed by atoms with van der Waals surface area (Å²) in [5.41, 5.74) is 4.75. The molecule has 4 aromatic carbocycles. The Hall–Kier alpha value is -4.94. The molecule has 0 aliphatic heterocycles. The summed E-state index contributed by atoms with van der Waals surface area (Å²) in [5, 5.41) is 3.56. The van der Waals surface area contributed by atoms with Crippen LogP contribution in [0.5, 0.6) is 0 Å². The van der Waals surface area contributed by atoms with E-state index in [0.717, 1.165) is 35.6 Å². The molecule has 0 aliphatic rings. The van der Waals surface area contributed by atoms with Crippen molar-refractivity contribution >= 4 is 33.3 Å². The van der Waals surface area contributed by atoms with Gasteiger partial charge in [-0.25, -0.2) is 9.97 Å². The van der Waals surface area contributed by atoms with Gasteiger partial charge in [0.1, 0.15) is 11.6 Å². The SMILES string of the molecule is Cc1ccc(-c2nc(CCn3cc4ccccc4c3)cn2C(c2nc3cc(Cl)ccc3c(=O)n2Cc2ccccc2)C(C)C)cc1. The smallest absolute Gasteiger partial charge is 0.261 e. The zero-order chi connectivity index (χ0) is 31.8. The van der Waals surface area contributed by atoms with Gasteiger partial charge in [-0.1, -0.05) is 110 Å². The van der Waals surface area contributed by atoms with Gasteiger partial charge in [0.25, 0.3) is 5.56 Å². The van der Waals surface area contributed by atoms with E-state index in [9.17, 15) is 4.79 Å². The molecule has 7 aromatic rings. The molecule has 6 nitrogen and oxygen atoms in total. The molecule has 3 aromatic heterocycles. The number of aromatic nitrogens is 5. The van der Waals surface area contributed by atoms with Crippen LogP contribution < -0.4 is 5.56 Å². The van der Waals surface area contributed by atoms with Crippen molar-refractivity contribution in [1.29, 1.82) is 0 Å². The Bertz CT molecular complexity index is 2180. The Balaban J connectivity index is 1.38. The molecular formula is C39H36ClN5O. The number of halogens is 1. The summed E-state index contributed by atoms with van der Waals surface area (Å²) in [6.07, 6.45) is 7.30. The second-order valence-electron chi connectivity index (χ2n) is 12.4. The van der Waals surface area contributed by atoms with Crippen LogP contribution in [0.1, 0.15) is 42.5 Å². The maximum absolute atomic E-state index is 14.2. The van der Waals surface area contributed by atoms with Gasteiger partial charge in [-0.2, -0.15) is 0 Å². The van der Waals surface area contributed by atoms with Crippen LogP contribution in [0.2, 0.25) is 5.02 Å². The summed E-state index contributed by atoms with van der Waals surface area (Å²) < 4.78 is 6.30. The minimum absolute atomic E-state index is 0.0805. The van der Waals surface area contributed by atoms with Crippen LogP contribution in [0.15, 0.2) is 120 Å². The lowest BCUT2D eigenvalue weighted by Gasteiger charge is -2.27. The van der Waals surface area contributed by atoms with Crippen molar-refractivity contribution < 1.29 is 0 Å². The van der Waals surface area contributed by atoms with Crippen LogP contribution >= 0.6 is 11.6 Å². The van der Waals surface area contributed by atoms with Gasteiger partial charge in [0.2, 0.25) is 0 Å². The molecule has 0 fully saturated rings. The third-order valence-electron chi connectivity index (χ3n) is 8.65. The van der Waals surface area contributed by atoms with Gasteiger partial charge in [0, 0.05) is 42.1 Å². The topological polar surface area (TPSA) is 57.6 Å². The van der Waals surface area contributed by atoms with E-state index in [4.69, 9.17) is 21.6 Å². The molecule has 230 valence electrons. The van der Waals surface area contributed by atoms with Crippen LogP contribution in [0, 0.1) is 12.8 Å². The number of hydrogen-bond acceptors (Lipinski definition) is 3. The van der Waals surface area contributed by atoms with Crippen molar-refractivity contribution in [3.8, 4) is 11.4 Å². The number of hydrogen-bond donors (Lipinski definition) is 0. The Labute approximate surface area is 273 Å². The summed E-state index contributed by atoms with van der Waals surface area (Å²) in [4.78, 5) is 24.6. The van der Waals surface area contributed by atoms with Crippen molar-refractivity contribution in [2.24, 2.45) is 5.92 Å². The molecule has 0 amide bonds. The molecule has 0 saturated heterocycles. The normalized spacial score (nSPS) is 12.4. The summed E-state index contributed by atoms with van der Waals surface area (Å²) in [5.74, 6) is 1.64. The van der Waals surface area contributed by atoms with Gasteiger partial charge in [0.05, 0.1) is 29.2 Å². The number of nitrogens with zero attached hydrogens (tertiary/aromatic N) is 5. The van der Waals surface area contributed by atoms with Gasteiger partial charge in [-0.15, -0.1) is 0 Å². The first-order valence-electron chi connectivity index (χ1n) is 15.8. The van der Waals surface area contributed by atoms with Crippen LogP contribution in [-0.4, -0.2) is 23.7 Å². The summed E-state index contributed by atoms with van der Waals surface area (Å²) >= 11 is 6.42. The Morgan fingerprint density at radius 3 is 2.20 bits per heavy atom. The van der Waals surface area contributed by atoms with E-state index in [1.807, 2.05) is 34.9 Å². The highest BCUT2D eigenvalue weighted by Crippen LogP contribution is 2.33. The van der Waals surface area contributed by atoms with Crippen molar-refractivity contribution in [2.75, 3.05) is 0 Å². The monoisotopic (exact) mass is 625 g/mol. The molecule has 7 heteroatoms. The standard InChI is InChI=1S/C39H36ClN5O/c1-26(2)36(38-42-35-21-32(40)17-18-34(35)39(46)45(38)22-28-9-5-4-6-10-28)44-25-33(41-37(44)29-15-13-27(3)14-16-29)19-20-43-23-30-11-7-8-12-31(30)24-43/h4-18,21,23-26,36H,19-20,22H2,1-3H3. The number of aryl methyl sites for hydroxylation is 3. The summed E-state index contributed by atoms with van der Waals surface area (Å²) in [6, 6.07) is 32.0. The van der Waals surface area contributed by atoms with Gasteiger partial charge >= 0.3 is 0 Å². The van der Waals surface area contributed by atoms with E-state index in [0.29, 0.717) is 28.3 Å². The predicted molar refractivity (Wildman–Crippen MR) is 188 cm³/mol. The van der Waals surface area contributed by atoms with E-state index in [-0.39, 0.29) is 17.5 Å². The Kier molecular flexibility index (Phi) is 8.05. The minimum Gasteiger partial charge on any atom is -0.353 e. The first kappa shape index (κ1) is 29.8. The number of rotatable bonds is 9. The zero-order valence-corrected chi connectivity index (χ0v) is 27.0. The van der Waals surface area contributed by atoms with Gasteiger partial charge in [0.15, 0.2) is 0 Å². The van der Waals surface area contributed by atoms with Crippen LogP contribution in [0.3, 0.4) is 0 Å². The highest BCUT2D eigenvalue weighted by molar-refractivity contribution is 6.31. The first-order chi connectivity index (χ1) is 22.3. The second-order valence-corrected chi connectivity index (χ2v) is 12.8. The van der Waals surface area contributed by atoms with Crippen LogP contribution in [0.4, 0.5) is 0 Å². The largest absolute Gasteiger partial charge is 0.353 e. The van der Waals surface area contributed by atoms with E-state index < -0.39 is 0 Å². The maximum atomic E-state index is 14.2. The van der Waals surface area contributed by atoms with Crippen molar-refractivity contribution in [3.05, 3.63) is 154 Å². The number of imidazole rings is 1. The van der Waals surface area contributed by atoms with Gasteiger partial charge in [-0.05, 0) is 47.4 Å². The number of benzene rings is 4. The lowest BCUT2D eigenvalue weighted by molar-refractivity contribution is 0.401. The van der Waals surface area contributed by atoms with Crippen LogP contribution in [-0.2, 0) is 19.5 Å². The highest BCUT2D eigenvalue weighted by atomic mass is 35.5. The van der Waals surface area contributed by atoms with Gasteiger partial charge in [-0.3, -0.25) is 9.36 Å². The molecule has 0 spiro atoms. The van der Waals surface area contributed by atoms with E-state index in [2.05, 4.69) is 97.0 Å². The average molecular weight is 626 g/mol. The molecule has 0 N–H and O–H groups in total. The minimum atomic E-state index is -0.272. The fourth-order valence-electron chi connectivity index (χ4n) is 6.31. The molecule has 1 atom stereocenters. The molecule has 1 unspecified atom stereocenters. The van der Waals surface area contributed by atoms with Crippen LogP contribution in [0.25, 0.3) is 33.1 Å². The first-order valence-corrected chi connectivity index (χ1v) is 16.1. The maximum Gasteiger partial charge on any atom is 0.261 e. The molecule has 0 aliphatic carbocycles. The molecular weight excluding hydrogens is 590 g/mol. The molecule has 7 rings (SSSR count). The van der Waals surface area contributed by atoms with Crippen molar-refractivity contribution in [3.63, 3.8) is 0 Å². The summed E-state index contributed by atoms with van der Waals surface area (Å²) in [6.45, 7) is 7.65. The zero-order valence-electron chi connectivity index (χ0n) is 26.3. The van der Waals surface area contributed by atoms with E-state index in [1.54, 1.807) is 18.2 Å². The lowest BCUT2D eigenvalue weighted by atomic mass is 10.0. The average Bonchev–Trinajstić information content (AvgIpc) is 3.66. The summed E-state index contributed by atoms with van der Waals surface area (Å²) in [7, 11) is 0. The highest BCUT2D eigenvalue weighted by Gasteiger charge is 2.28. The molecule has 0 radical (unpaired) electrons. The lowest BCUT2D eigenvalue weighted by Crippen LogP contribution is -2.31. The molecule has 46 heavy (non-hydrogen) atoms. The van der Waals surface area contributed by atoms with Gasteiger partial charge < -0.3 is 9.13 Å².